The molecule has 0 saturated carbocycles. The molecule has 0 amide bonds. The zero-order chi connectivity index (χ0) is 68.5. The van der Waals surface area contributed by atoms with Gasteiger partial charge in [-0.05, 0) is 110 Å². The van der Waals surface area contributed by atoms with Gasteiger partial charge in [0.25, 0.3) is 0 Å². The number of benzene rings is 6. The van der Waals surface area contributed by atoms with Crippen LogP contribution in [0.1, 0.15) is 118 Å². The third kappa shape index (κ3) is 12.6. The topological polar surface area (TPSA) is 176 Å². The molecule has 6 aromatic carbocycles. The average Bonchev–Trinajstić information content (AvgIpc) is 1.49. The smallest absolute Gasteiger partial charge is 0.479 e. The van der Waals surface area contributed by atoms with Crippen molar-refractivity contribution in [3.05, 3.63) is 344 Å². The molecule has 0 spiro atoms. The van der Waals surface area contributed by atoms with Crippen LogP contribution >= 0.6 is 0 Å². The van der Waals surface area contributed by atoms with Gasteiger partial charge in [0.1, 0.15) is 34.2 Å². The minimum absolute atomic E-state index is 0.183. The van der Waals surface area contributed by atoms with Crippen molar-refractivity contribution in [1.29, 1.82) is 0 Å². The zero-order valence-electron chi connectivity index (χ0n) is 57.5. The summed E-state index contributed by atoms with van der Waals surface area (Å²) in [4.78, 5) is 0. The van der Waals surface area contributed by atoms with E-state index in [9.17, 15) is 0 Å². The maximum atomic E-state index is 7.15. The van der Waals surface area contributed by atoms with E-state index in [1.807, 2.05) is 116 Å². The third-order valence-corrected chi connectivity index (χ3v) is 18.9. The van der Waals surface area contributed by atoms with Gasteiger partial charge in [0.15, 0.2) is 11.4 Å². The predicted molar refractivity (Wildman–Crippen MR) is 386 cm³/mol. The fourth-order valence-electron chi connectivity index (χ4n) is 14.9. The molecule has 12 aromatic rings. The number of rotatable bonds is 22. The van der Waals surface area contributed by atoms with Crippen LogP contribution in [0.3, 0.4) is 0 Å². The van der Waals surface area contributed by atoms with E-state index in [2.05, 4.69) is 248 Å². The quantitative estimate of drug-likeness (QED) is 0.0588. The summed E-state index contributed by atoms with van der Waals surface area (Å²) < 4.78 is 45.0. The highest BCUT2D eigenvalue weighted by atomic mass is 16.6. The van der Waals surface area contributed by atoms with Crippen LogP contribution in [0.5, 0.6) is 0 Å². The van der Waals surface area contributed by atoms with Gasteiger partial charge < -0.3 is 36.5 Å². The Labute approximate surface area is 581 Å². The summed E-state index contributed by atoms with van der Waals surface area (Å²) in [6.45, 7) is 15.5. The normalized spacial score (nSPS) is 15.0. The number of nitrogens with zero attached hydrogens (tertiary/aromatic N) is 16. The maximum absolute atomic E-state index is 7.15. The molecule has 0 N–H and O–H groups in total. The Bertz CT molecular complexity index is 4690. The van der Waals surface area contributed by atoms with Gasteiger partial charge in [-0.3, -0.25) is 0 Å². The lowest BCUT2D eigenvalue weighted by Crippen LogP contribution is -2.62. The van der Waals surface area contributed by atoms with Crippen molar-refractivity contribution in [2.45, 2.75) is 108 Å². The second kappa shape index (κ2) is 27.6. The lowest BCUT2D eigenvalue weighted by atomic mass is 9.78. The van der Waals surface area contributed by atoms with E-state index in [-0.39, 0.29) is 26.4 Å². The van der Waals surface area contributed by atoms with E-state index in [1.54, 1.807) is 0 Å². The fourth-order valence-corrected chi connectivity index (χ4v) is 14.9. The maximum Gasteiger partial charge on any atom is 0.666 e. The van der Waals surface area contributed by atoms with Crippen LogP contribution in [-0.2, 0) is 71.2 Å². The lowest BCUT2D eigenvalue weighted by molar-refractivity contribution is -0.388. The lowest BCUT2D eigenvalue weighted by Gasteiger charge is -2.43. The predicted octanol–water partition coefficient (Wildman–Crippen LogP) is 12.6. The van der Waals surface area contributed by atoms with Crippen LogP contribution in [0.25, 0.3) is 11.1 Å². The Morgan fingerprint density at radius 2 is 0.600 bits per heavy atom. The third-order valence-electron chi connectivity index (χ3n) is 18.9. The number of fused-ring (bicyclic) bond motifs is 4. The van der Waals surface area contributed by atoms with E-state index >= 15 is 0 Å². The standard InChI is InChI=1S/2C39H39BN8O2/c2*1-28-20-30(3)47-38(28)37(34-18-12-7-13-19-34)39-29(2)21-31(4)48(39)40(47,49-26-35-24-45(43-41-35)22-32-14-8-5-9-15-32)50-27-36-25-46(44-42-36)23-33-16-10-6-11-17-33/h2*5-21,24-25H,22-23,26-27H2,1-4H3. The number of aryl methyl sites for hydroxylation is 4. The number of aromatic nitrogens is 14. The van der Waals surface area contributed by atoms with Crippen molar-refractivity contribution in [3.8, 4) is 0 Å². The largest absolute Gasteiger partial charge is 0.666 e. The van der Waals surface area contributed by atoms with Gasteiger partial charge in [-0.2, -0.15) is 0 Å². The Hall–Kier alpha value is -11.3. The first kappa shape index (κ1) is 64.7. The molecule has 20 nitrogen and oxygen atoms in total. The number of hydrogen-bond donors (Lipinski definition) is 0. The zero-order valence-corrected chi connectivity index (χ0v) is 57.5. The molecular weight excluding hydrogens is 1250 g/mol. The van der Waals surface area contributed by atoms with Crippen LogP contribution < -0.4 is 0 Å². The SMILES string of the molecule is CC1=CC(C)=[N+]2C1=C(c1ccccc1)c1c(C)cc(C)n1[B-]2(OCc1cn(Cc2ccccc2)nn1)OCc1cn(Cc2ccccc2)nn1.CC1=CC(C)=[N+]2C1=C(c1ccccc1)c1c(C)cc(C)n1[B-]2(OCc1cn(Cc2ccccc2)nn1)OCc1cn(Cc2ccccc2)nn1. The molecule has 6 aromatic heterocycles. The highest BCUT2D eigenvalue weighted by molar-refractivity contribution is 6.60. The highest BCUT2D eigenvalue weighted by Crippen LogP contribution is 2.47. The summed E-state index contributed by atoms with van der Waals surface area (Å²) in [6, 6.07) is 66.5. The van der Waals surface area contributed by atoms with E-state index in [4.69, 9.17) is 18.6 Å². The molecule has 0 bridgehead atoms. The van der Waals surface area contributed by atoms with Gasteiger partial charge in [0, 0.05) is 48.5 Å². The molecule has 0 unspecified atom stereocenters. The molecule has 10 heterocycles. The summed E-state index contributed by atoms with van der Waals surface area (Å²) >= 11 is 0. The minimum Gasteiger partial charge on any atom is -0.479 e. The van der Waals surface area contributed by atoms with Gasteiger partial charge in [0.05, 0.1) is 88.5 Å². The van der Waals surface area contributed by atoms with Crippen LogP contribution in [-0.4, -0.2) is 103 Å². The monoisotopic (exact) mass is 1320 g/mol. The second-order valence-corrected chi connectivity index (χ2v) is 26.3. The van der Waals surface area contributed by atoms with Gasteiger partial charge in [-0.1, -0.05) is 203 Å². The van der Waals surface area contributed by atoms with Gasteiger partial charge in [-0.15, -0.1) is 20.4 Å². The van der Waals surface area contributed by atoms with E-state index in [1.165, 1.54) is 0 Å². The molecule has 0 fully saturated rings. The second-order valence-electron chi connectivity index (χ2n) is 26.3. The first-order valence-electron chi connectivity index (χ1n) is 34.0. The first-order valence-corrected chi connectivity index (χ1v) is 34.0. The Balaban J connectivity index is 0.000000162. The molecule has 4 aliphatic heterocycles. The minimum atomic E-state index is -2.39. The molecule has 4 aliphatic rings. The molecule has 100 heavy (non-hydrogen) atoms. The fraction of sp³-hybridized carbons (Fsp3) is 0.205. The molecule has 16 rings (SSSR count). The van der Waals surface area contributed by atoms with Crippen molar-refractivity contribution >= 4 is 36.2 Å². The Kier molecular flexibility index (Phi) is 17.8. The van der Waals surface area contributed by atoms with Crippen LogP contribution in [0.2, 0.25) is 0 Å². The van der Waals surface area contributed by atoms with Crippen molar-refractivity contribution in [2.75, 3.05) is 0 Å². The average molecular weight is 1330 g/mol. The highest BCUT2D eigenvalue weighted by Gasteiger charge is 2.58. The summed E-state index contributed by atoms with van der Waals surface area (Å²) in [5.41, 5.74) is 25.0. The van der Waals surface area contributed by atoms with E-state index in [0.717, 1.165) is 112 Å². The molecular formula is C78H78B2N16O4. The first-order chi connectivity index (χ1) is 48.8. The van der Waals surface area contributed by atoms with E-state index in [0.29, 0.717) is 49.0 Å². The number of hydrogen-bond acceptors (Lipinski definition) is 12. The van der Waals surface area contributed by atoms with Crippen molar-refractivity contribution in [1.82, 2.24) is 68.9 Å². The van der Waals surface area contributed by atoms with Crippen molar-refractivity contribution < 1.29 is 27.6 Å². The molecule has 0 radical (unpaired) electrons. The molecule has 0 saturated heterocycles. The summed E-state index contributed by atoms with van der Waals surface area (Å²) in [5.74, 6) is 0. The summed E-state index contributed by atoms with van der Waals surface area (Å²) in [6.07, 6.45) is 12.2. The molecule has 22 heteroatoms. The van der Waals surface area contributed by atoms with E-state index < -0.39 is 13.6 Å². The van der Waals surface area contributed by atoms with Gasteiger partial charge in [0.2, 0.25) is 0 Å². The van der Waals surface area contributed by atoms with Crippen LogP contribution in [0, 0.1) is 27.7 Å². The summed E-state index contributed by atoms with van der Waals surface area (Å²) in [7, 11) is 0. The van der Waals surface area contributed by atoms with Crippen LogP contribution in [0.4, 0.5) is 0 Å². The van der Waals surface area contributed by atoms with Gasteiger partial charge in [-0.25, -0.2) is 18.7 Å². The molecule has 500 valence electrons. The van der Waals surface area contributed by atoms with Crippen LogP contribution in [0.15, 0.2) is 254 Å². The molecule has 0 aliphatic carbocycles. The van der Waals surface area contributed by atoms with Crippen molar-refractivity contribution in [3.63, 3.8) is 0 Å². The summed E-state index contributed by atoms with van der Waals surface area (Å²) in [5, 5.41) is 35.8. The Morgan fingerprint density at radius 1 is 0.340 bits per heavy atom. The molecule has 0 atom stereocenters. The number of allylic oxidation sites excluding steroid dienone is 4. The van der Waals surface area contributed by atoms with Gasteiger partial charge >= 0.3 is 13.6 Å². The van der Waals surface area contributed by atoms with Crippen molar-refractivity contribution in [2.24, 2.45) is 0 Å². The Morgan fingerprint density at radius 3 is 0.870 bits per heavy atom.